The Morgan fingerprint density at radius 2 is 1.97 bits per heavy atom. The monoisotopic (exact) mass is 436 g/mol. The van der Waals surface area contributed by atoms with Gasteiger partial charge in [-0.25, -0.2) is 0 Å². The normalized spacial score (nSPS) is 53.3. The Hall–Kier alpha value is -1.03. The van der Waals surface area contributed by atoms with E-state index < -0.39 is 50.8 Å². The van der Waals surface area contributed by atoms with Crippen LogP contribution in [0.4, 0.5) is 0 Å². The number of hydrogen-bond acceptors (Lipinski definition) is 7. The number of aliphatic hydroxyl groups is 2. The van der Waals surface area contributed by atoms with E-state index >= 15 is 0 Å². The van der Waals surface area contributed by atoms with Crippen LogP contribution >= 0.6 is 0 Å². The molecular weight excluding hydrogens is 408 g/mol. The second-order valence-electron chi connectivity index (χ2n) is 10.0. The molecule has 5 fully saturated rings. The topological polar surface area (TPSA) is 94.5 Å². The van der Waals surface area contributed by atoms with Crippen LogP contribution in [0, 0.1) is 11.8 Å². The molecular formula is C22H28O7S. The van der Waals surface area contributed by atoms with E-state index in [1.807, 2.05) is 18.2 Å². The number of ether oxygens (including phenoxy) is 4. The third-order valence-electron chi connectivity index (χ3n) is 8.35. The van der Waals surface area contributed by atoms with Crippen molar-refractivity contribution in [2.75, 3.05) is 20.5 Å². The number of rotatable bonds is 3. The first-order chi connectivity index (χ1) is 14.1. The Kier molecular flexibility index (Phi) is 3.70. The van der Waals surface area contributed by atoms with Crippen LogP contribution in [0.1, 0.15) is 49.5 Å². The van der Waals surface area contributed by atoms with Crippen molar-refractivity contribution in [3.8, 4) is 5.75 Å². The van der Waals surface area contributed by atoms with Crippen LogP contribution in [-0.2, 0) is 25.0 Å². The SMILES string of the molecule is COc1cccc2c1[C@H]1O[C@@]34C[C@@H]([S@@](C)=O)[C@@]1(O)[C@@H]1[C@H]2O[C@](OC)(C[C@](C)(O)C3)[C@@H]14. The first kappa shape index (κ1) is 19.6. The Balaban J connectivity index is 1.69. The van der Waals surface area contributed by atoms with Crippen LogP contribution in [0.2, 0.25) is 0 Å². The maximum absolute atomic E-state index is 12.9. The average molecular weight is 437 g/mol. The fraction of sp³-hybridized carbons (Fsp3) is 0.727. The maximum Gasteiger partial charge on any atom is 0.177 e. The van der Waals surface area contributed by atoms with Gasteiger partial charge in [0, 0.05) is 48.5 Å². The summed E-state index contributed by atoms with van der Waals surface area (Å²) in [5, 5.41) is 23.0. The van der Waals surface area contributed by atoms with E-state index in [1.165, 1.54) is 0 Å². The van der Waals surface area contributed by atoms with Crippen LogP contribution in [0.3, 0.4) is 0 Å². The molecule has 1 spiro atoms. The van der Waals surface area contributed by atoms with E-state index in [0.29, 0.717) is 25.0 Å². The minimum Gasteiger partial charge on any atom is -0.496 e. The van der Waals surface area contributed by atoms with Gasteiger partial charge in [0.1, 0.15) is 17.5 Å². The molecule has 0 unspecified atom stereocenters. The van der Waals surface area contributed by atoms with Crippen molar-refractivity contribution in [2.24, 2.45) is 11.8 Å². The summed E-state index contributed by atoms with van der Waals surface area (Å²) >= 11 is 0. The summed E-state index contributed by atoms with van der Waals surface area (Å²) in [6, 6.07) is 5.74. The third kappa shape index (κ3) is 2.02. The average Bonchev–Trinajstić information content (AvgIpc) is 3.05. The number of methoxy groups -OCH3 is 2. The molecule has 4 bridgehead atoms. The molecule has 30 heavy (non-hydrogen) atoms. The zero-order chi connectivity index (χ0) is 21.3. The quantitative estimate of drug-likeness (QED) is 0.743. The van der Waals surface area contributed by atoms with Crippen molar-refractivity contribution in [3.63, 3.8) is 0 Å². The Labute approximate surface area is 178 Å². The maximum atomic E-state index is 12.9. The lowest BCUT2D eigenvalue weighted by molar-refractivity contribution is -0.373. The molecule has 6 aliphatic rings. The molecule has 3 aliphatic heterocycles. The Bertz CT molecular complexity index is 965. The minimum atomic E-state index is -1.37. The predicted octanol–water partition coefficient (Wildman–Crippen LogP) is 1.59. The predicted molar refractivity (Wildman–Crippen MR) is 107 cm³/mol. The van der Waals surface area contributed by atoms with Crippen molar-refractivity contribution in [1.82, 2.24) is 0 Å². The van der Waals surface area contributed by atoms with E-state index in [9.17, 15) is 14.4 Å². The summed E-state index contributed by atoms with van der Waals surface area (Å²) in [4.78, 5) is 0. The van der Waals surface area contributed by atoms with Crippen molar-refractivity contribution in [1.29, 1.82) is 0 Å². The van der Waals surface area contributed by atoms with Crippen LogP contribution in [0.15, 0.2) is 18.2 Å². The minimum absolute atomic E-state index is 0.263. The molecule has 164 valence electrons. The second-order valence-corrected chi connectivity index (χ2v) is 11.6. The van der Waals surface area contributed by atoms with Crippen molar-refractivity contribution < 1.29 is 33.4 Å². The van der Waals surface area contributed by atoms with Crippen molar-refractivity contribution >= 4 is 10.8 Å². The molecule has 2 saturated carbocycles. The van der Waals surface area contributed by atoms with Crippen LogP contribution in [0.5, 0.6) is 5.75 Å². The first-order valence-corrected chi connectivity index (χ1v) is 12.1. The molecule has 3 heterocycles. The molecule has 1 aromatic rings. The summed E-state index contributed by atoms with van der Waals surface area (Å²) in [7, 11) is 1.90. The molecule has 0 radical (unpaired) electrons. The molecule has 1 aromatic carbocycles. The largest absolute Gasteiger partial charge is 0.496 e. The number of fused-ring (bicyclic) bond motifs is 3. The highest BCUT2D eigenvalue weighted by Gasteiger charge is 2.83. The van der Waals surface area contributed by atoms with E-state index in [-0.39, 0.29) is 11.8 Å². The van der Waals surface area contributed by atoms with E-state index in [0.717, 1.165) is 11.1 Å². The zero-order valence-electron chi connectivity index (χ0n) is 17.6. The second kappa shape index (κ2) is 5.66. The highest BCUT2D eigenvalue weighted by Crippen LogP contribution is 2.76. The number of hydrogen-bond donors (Lipinski definition) is 2. The molecule has 0 aromatic heterocycles. The smallest absolute Gasteiger partial charge is 0.177 e. The van der Waals surface area contributed by atoms with E-state index in [4.69, 9.17) is 18.9 Å². The molecule has 3 aliphatic carbocycles. The van der Waals surface area contributed by atoms with E-state index in [2.05, 4.69) is 0 Å². The van der Waals surface area contributed by atoms with Gasteiger partial charge in [-0.3, -0.25) is 4.21 Å². The summed E-state index contributed by atoms with van der Waals surface area (Å²) in [5.74, 6) is -1.06. The lowest BCUT2D eigenvalue weighted by Gasteiger charge is -2.69. The van der Waals surface area contributed by atoms with Gasteiger partial charge in [0.2, 0.25) is 0 Å². The van der Waals surface area contributed by atoms with Gasteiger partial charge in [-0.1, -0.05) is 12.1 Å². The number of benzene rings is 1. The molecule has 10 atom stereocenters. The fourth-order valence-corrected chi connectivity index (χ4v) is 9.05. The lowest BCUT2D eigenvalue weighted by atomic mass is 9.47. The fourth-order valence-electron chi connectivity index (χ4n) is 7.72. The zero-order valence-corrected chi connectivity index (χ0v) is 18.4. The Morgan fingerprint density at radius 1 is 1.20 bits per heavy atom. The standard InChI is InChI=1S/C22H28O7S/c1-19(23)9-20-8-13(30(4)25)22(24)15-16(28-21(10-19,27-3)17(15)20)11-6-5-7-12(26-2)14(11)18(22)29-20/h5-7,13,15-18,23-24H,8-10H2,1-4H3/t13-,15-,16+,17+,18-,19-,20+,21-,22-,30-/m1/s1. The van der Waals surface area contributed by atoms with Crippen molar-refractivity contribution in [2.45, 2.75) is 66.2 Å². The van der Waals surface area contributed by atoms with Gasteiger partial charge in [-0.05, 0) is 25.0 Å². The molecule has 3 saturated heterocycles. The van der Waals surface area contributed by atoms with Gasteiger partial charge >= 0.3 is 0 Å². The van der Waals surface area contributed by atoms with Crippen molar-refractivity contribution in [3.05, 3.63) is 29.3 Å². The van der Waals surface area contributed by atoms with Gasteiger partial charge in [-0.2, -0.15) is 0 Å². The van der Waals surface area contributed by atoms with Gasteiger partial charge in [0.25, 0.3) is 0 Å². The highest BCUT2D eigenvalue weighted by atomic mass is 32.2. The van der Waals surface area contributed by atoms with Crippen LogP contribution in [-0.4, -0.2) is 62.7 Å². The molecule has 0 amide bonds. The van der Waals surface area contributed by atoms with Crippen LogP contribution < -0.4 is 4.74 Å². The molecule has 7 nitrogen and oxygen atoms in total. The Morgan fingerprint density at radius 3 is 2.63 bits per heavy atom. The van der Waals surface area contributed by atoms with Gasteiger partial charge < -0.3 is 29.2 Å². The summed E-state index contributed by atoms with van der Waals surface area (Å²) < 4.78 is 38.0. The third-order valence-corrected chi connectivity index (χ3v) is 9.69. The summed E-state index contributed by atoms with van der Waals surface area (Å²) in [5.41, 5.74) is -1.59. The van der Waals surface area contributed by atoms with Gasteiger partial charge in [-0.15, -0.1) is 0 Å². The summed E-state index contributed by atoms with van der Waals surface area (Å²) in [6.07, 6.45) is 1.56. The molecule has 2 N–H and O–H groups in total. The molecule has 8 heteroatoms. The van der Waals surface area contributed by atoms with Gasteiger partial charge in [0.15, 0.2) is 5.79 Å². The highest BCUT2D eigenvalue weighted by molar-refractivity contribution is 7.85. The lowest BCUT2D eigenvalue weighted by Crippen LogP contribution is -2.79. The first-order valence-electron chi connectivity index (χ1n) is 10.5. The van der Waals surface area contributed by atoms with Gasteiger partial charge in [0.05, 0.1) is 35.6 Å². The van der Waals surface area contributed by atoms with E-state index in [1.54, 1.807) is 27.4 Å². The molecule has 7 rings (SSSR count). The van der Waals surface area contributed by atoms with Crippen LogP contribution in [0.25, 0.3) is 0 Å². The summed E-state index contributed by atoms with van der Waals surface area (Å²) in [6.45, 7) is 1.78.